The lowest BCUT2D eigenvalue weighted by molar-refractivity contribution is 0.0953. The summed E-state index contributed by atoms with van der Waals surface area (Å²) < 4.78 is 1.91. The number of piperazine rings is 1. The van der Waals surface area contributed by atoms with Crippen LogP contribution in [0.1, 0.15) is 27.8 Å². The molecule has 1 fully saturated rings. The van der Waals surface area contributed by atoms with Crippen molar-refractivity contribution in [3.63, 3.8) is 0 Å². The molecule has 4 aromatic heterocycles. The number of nitrogens with zero attached hydrogens (tertiary/aromatic N) is 8. The lowest BCUT2D eigenvalue weighted by Crippen LogP contribution is -2.47. The van der Waals surface area contributed by atoms with E-state index in [2.05, 4.69) is 47.3 Å². The summed E-state index contributed by atoms with van der Waals surface area (Å²) in [7, 11) is 2.07. The van der Waals surface area contributed by atoms with E-state index in [0.29, 0.717) is 30.2 Å². The molecule has 168 valence electrons. The number of aromatic nitrogens is 6. The van der Waals surface area contributed by atoms with Gasteiger partial charge in [0.2, 0.25) is 5.95 Å². The number of fused-ring (bicyclic) bond motifs is 1. The third-order valence-electron chi connectivity index (χ3n) is 5.92. The summed E-state index contributed by atoms with van der Waals surface area (Å²) in [5.74, 6) is 1.38. The average Bonchev–Trinajstić information content (AvgIpc) is 3.28. The topological polar surface area (TPSA) is 104 Å². The Labute approximate surface area is 191 Å². The van der Waals surface area contributed by atoms with E-state index in [4.69, 9.17) is 0 Å². The standard InChI is InChI=1S/C23H25N9O/c1-30-13-14-31(23-26-8-2-9-27-23)16-19(30)21-29-28-20-4-3-18(15-32(20)21)22(33)25-12-7-17-5-10-24-11-6-17/h2-6,8-11,15,19H,7,12-14,16H2,1H3,(H,25,33). The molecule has 4 aromatic rings. The zero-order chi connectivity index (χ0) is 22.6. The number of nitrogens with one attached hydrogen (secondary N) is 1. The molecule has 0 spiro atoms. The molecule has 0 aliphatic carbocycles. The SMILES string of the molecule is CN1CCN(c2ncccn2)CC1c1nnc2ccc(C(=O)NCCc3ccncc3)cn12. The van der Waals surface area contributed by atoms with Crippen molar-refractivity contribution >= 4 is 17.5 Å². The first-order valence-corrected chi connectivity index (χ1v) is 10.9. The van der Waals surface area contributed by atoms with Gasteiger partial charge >= 0.3 is 0 Å². The molecule has 1 saturated heterocycles. The van der Waals surface area contributed by atoms with Crippen LogP contribution in [0, 0.1) is 0 Å². The number of rotatable bonds is 6. The van der Waals surface area contributed by atoms with Gasteiger partial charge in [0, 0.05) is 57.2 Å². The van der Waals surface area contributed by atoms with Crippen LogP contribution in [0.5, 0.6) is 0 Å². The number of amides is 1. The van der Waals surface area contributed by atoms with E-state index in [9.17, 15) is 4.79 Å². The van der Waals surface area contributed by atoms with Crippen molar-refractivity contribution in [3.05, 3.63) is 78.3 Å². The zero-order valence-electron chi connectivity index (χ0n) is 18.4. The summed E-state index contributed by atoms with van der Waals surface area (Å²) in [6, 6.07) is 9.31. The van der Waals surface area contributed by atoms with Gasteiger partial charge in [-0.1, -0.05) is 0 Å². The molecule has 33 heavy (non-hydrogen) atoms. The normalized spacial score (nSPS) is 16.8. The van der Waals surface area contributed by atoms with Crippen LogP contribution in [-0.2, 0) is 6.42 Å². The fraction of sp³-hybridized carbons (Fsp3) is 0.304. The van der Waals surface area contributed by atoms with Gasteiger partial charge < -0.3 is 10.2 Å². The van der Waals surface area contributed by atoms with Crippen molar-refractivity contribution < 1.29 is 4.79 Å². The number of likely N-dealkylation sites (N-methyl/N-ethyl adjacent to an activating group) is 1. The molecule has 10 nitrogen and oxygen atoms in total. The first kappa shape index (κ1) is 21.0. The summed E-state index contributed by atoms with van der Waals surface area (Å²) in [6.07, 6.45) is 9.58. The zero-order valence-corrected chi connectivity index (χ0v) is 18.4. The lowest BCUT2D eigenvalue weighted by Gasteiger charge is -2.38. The van der Waals surface area contributed by atoms with Crippen molar-refractivity contribution in [3.8, 4) is 0 Å². The third-order valence-corrected chi connectivity index (χ3v) is 5.92. The Morgan fingerprint density at radius 2 is 1.88 bits per heavy atom. The Bertz CT molecular complexity index is 1230. The number of hydrogen-bond acceptors (Lipinski definition) is 8. The molecule has 5 heterocycles. The van der Waals surface area contributed by atoms with E-state index >= 15 is 0 Å². The second kappa shape index (κ2) is 9.29. The molecule has 5 rings (SSSR count). The Balaban J connectivity index is 1.33. The second-order valence-corrected chi connectivity index (χ2v) is 8.06. The Morgan fingerprint density at radius 1 is 1.06 bits per heavy atom. The van der Waals surface area contributed by atoms with Crippen LogP contribution in [0.15, 0.2) is 61.3 Å². The molecule has 10 heteroatoms. The maximum absolute atomic E-state index is 12.8. The molecule has 0 aromatic carbocycles. The molecule has 1 aliphatic heterocycles. The molecule has 0 bridgehead atoms. The monoisotopic (exact) mass is 443 g/mol. The highest BCUT2D eigenvalue weighted by atomic mass is 16.1. The molecular formula is C23H25N9O. The quantitative estimate of drug-likeness (QED) is 0.477. The van der Waals surface area contributed by atoms with Gasteiger partial charge in [-0.25, -0.2) is 9.97 Å². The van der Waals surface area contributed by atoms with Gasteiger partial charge in [0.05, 0.1) is 11.6 Å². The van der Waals surface area contributed by atoms with Gasteiger partial charge in [-0.2, -0.15) is 0 Å². The van der Waals surface area contributed by atoms with Gasteiger partial charge in [0.15, 0.2) is 11.5 Å². The minimum Gasteiger partial charge on any atom is -0.352 e. The smallest absolute Gasteiger partial charge is 0.252 e. The van der Waals surface area contributed by atoms with Crippen molar-refractivity contribution in [2.24, 2.45) is 0 Å². The average molecular weight is 444 g/mol. The largest absolute Gasteiger partial charge is 0.352 e. The number of carbonyl (C=O) groups excluding carboxylic acids is 1. The number of carbonyl (C=O) groups is 1. The molecule has 1 aliphatic rings. The van der Waals surface area contributed by atoms with Gasteiger partial charge in [-0.05, 0) is 49.4 Å². The van der Waals surface area contributed by atoms with Crippen LogP contribution < -0.4 is 10.2 Å². The van der Waals surface area contributed by atoms with Gasteiger partial charge in [0.1, 0.15) is 0 Å². The van der Waals surface area contributed by atoms with Crippen LogP contribution in [0.3, 0.4) is 0 Å². The van der Waals surface area contributed by atoms with Crippen molar-refractivity contribution in [2.75, 3.05) is 38.1 Å². The minimum absolute atomic E-state index is 0.0115. The molecular weight excluding hydrogens is 418 g/mol. The predicted octanol–water partition coefficient (Wildman–Crippen LogP) is 1.38. The van der Waals surface area contributed by atoms with Crippen molar-refractivity contribution in [1.29, 1.82) is 0 Å². The van der Waals surface area contributed by atoms with E-state index in [1.54, 1.807) is 30.9 Å². The van der Waals surface area contributed by atoms with Crippen LogP contribution in [-0.4, -0.2) is 73.6 Å². The predicted molar refractivity (Wildman–Crippen MR) is 123 cm³/mol. The molecule has 0 saturated carbocycles. The lowest BCUT2D eigenvalue weighted by atomic mass is 10.1. The maximum Gasteiger partial charge on any atom is 0.252 e. The third kappa shape index (κ3) is 4.51. The summed E-state index contributed by atoms with van der Waals surface area (Å²) in [6.45, 7) is 2.91. The van der Waals surface area contributed by atoms with Crippen LogP contribution >= 0.6 is 0 Å². The van der Waals surface area contributed by atoms with Gasteiger partial charge in [-0.3, -0.25) is 19.1 Å². The fourth-order valence-electron chi connectivity index (χ4n) is 4.03. The highest BCUT2D eigenvalue weighted by Gasteiger charge is 2.30. The number of anilines is 1. The Morgan fingerprint density at radius 3 is 2.70 bits per heavy atom. The molecule has 1 unspecified atom stereocenters. The number of hydrogen-bond donors (Lipinski definition) is 1. The van der Waals surface area contributed by atoms with Crippen LogP contribution in [0.25, 0.3) is 5.65 Å². The van der Waals surface area contributed by atoms with E-state index in [0.717, 1.165) is 30.9 Å². The Kier molecular flexibility index (Phi) is 5.90. The fourth-order valence-corrected chi connectivity index (χ4v) is 4.03. The van der Waals surface area contributed by atoms with Gasteiger partial charge in [-0.15, -0.1) is 10.2 Å². The summed E-state index contributed by atoms with van der Waals surface area (Å²) in [5, 5.41) is 11.8. The minimum atomic E-state index is -0.123. The van der Waals surface area contributed by atoms with Crippen molar-refractivity contribution in [1.82, 2.24) is 39.8 Å². The number of pyridine rings is 2. The highest BCUT2D eigenvalue weighted by Crippen LogP contribution is 2.25. The second-order valence-electron chi connectivity index (χ2n) is 8.06. The highest BCUT2D eigenvalue weighted by molar-refractivity contribution is 5.94. The summed E-state index contributed by atoms with van der Waals surface area (Å²) in [4.78, 5) is 30.0. The molecule has 1 amide bonds. The van der Waals surface area contributed by atoms with Gasteiger partial charge in [0.25, 0.3) is 5.91 Å². The van der Waals surface area contributed by atoms with E-state index in [-0.39, 0.29) is 11.9 Å². The molecule has 1 N–H and O–H groups in total. The Hall–Kier alpha value is -3.92. The first-order chi connectivity index (χ1) is 16.2. The maximum atomic E-state index is 12.8. The molecule has 0 radical (unpaired) electrons. The van der Waals surface area contributed by atoms with E-state index in [1.165, 1.54) is 0 Å². The van der Waals surface area contributed by atoms with Crippen molar-refractivity contribution in [2.45, 2.75) is 12.5 Å². The summed E-state index contributed by atoms with van der Waals surface area (Å²) >= 11 is 0. The summed E-state index contributed by atoms with van der Waals surface area (Å²) in [5.41, 5.74) is 2.41. The van der Waals surface area contributed by atoms with Crippen LogP contribution in [0.2, 0.25) is 0 Å². The molecule has 1 atom stereocenters. The van der Waals surface area contributed by atoms with E-state index < -0.39 is 0 Å². The first-order valence-electron chi connectivity index (χ1n) is 10.9. The van der Waals surface area contributed by atoms with Crippen LogP contribution in [0.4, 0.5) is 5.95 Å². The van der Waals surface area contributed by atoms with E-state index in [1.807, 2.05) is 34.9 Å².